The summed E-state index contributed by atoms with van der Waals surface area (Å²) in [5.74, 6) is -1.04. The molecular weight excluding hydrogens is 582 g/mol. The van der Waals surface area contributed by atoms with Crippen LogP contribution in [0, 0.1) is 11.8 Å². The number of nitrogens with one attached hydrogen (secondary N) is 1. The highest BCUT2D eigenvalue weighted by Gasteiger charge is 2.51. The zero-order valence-corrected chi connectivity index (χ0v) is 27.3. The van der Waals surface area contributed by atoms with Gasteiger partial charge in [-0.1, -0.05) is 43.2 Å². The van der Waals surface area contributed by atoms with Crippen LogP contribution in [-0.2, 0) is 35.0 Å². The van der Waals surface area contributed by atoms with Gasteiger partial charge in [0.2, 0.25) is 0 Å². The van der Waals surface area contributed by atoms with Crippen LogP contribution in [0.2, 0.25) is 12.6 Å². The number of carboxylic acids is 1. The van der Waals surface area contributed by atoms with E-state index in [9.17, 15) is 14.4 Å². The summed E-state index contributed by atoms with van der Waals surface area (Å²) >= 11 is 0. The standard InChI is InChI=1S/C23H34BNO6.C8H16BNO4/c1-22(2)23(3,4)31-24(30-22)14-9-12-18-13-15-25(19(18)20(26)28-5)21(27)29-16-17-10-7-6-8-11-17;11-8(12)7-6(3-5-10-7)2-1-4-9(13)14/h6-8,10-11,18-19H,9,12-16H2,1-5H3;6-7,10,13-14H,1-5H2,(H,11,12)/t18-,19-;6-,7-/m00/s1. The van der Waals surface area contributed by atoms with Crippen molar-refractivity contribution in [1.29, 1.82) is 0 Å². The summed E-state index contributed by atoms with van der Waals surface area (Å²) in [6.07, 6.45) is 5.21. The average Bonchev–Trinajstić information content (AvgIpc) is 3.68. The summed E-state index contributed by atoms with van der Waals surface area (Å²) in [5.41, 5.74) is 0.209. The fourth-order valence-electron chi connectivity index (χ4n) is 6.16. The minimum atomic E-state index is -1.27. The van der Waals surface area contributed by atoms with E-state index in [2.05, 4.69) is 5.32 Å². The smallest absolute Gasteiger partial charge is 0.457 e. The molecule has 12 nitrogen and oxygen atoms in total. The molecular formula is C31H50B2N2O10. The third-order valence-corrected chi connectivity index (χ3v) is 9.38. The summed E-state index contributed by atoms with van der Waals surface area (Å²) in [5, 5.41) is 29.0. The topological polar surface area (TPSA) is 164 Å². The first-order valence-electron chi connectivity index (χ1n) is 16.0. The molecule has 0 aromatic heterocycles. The summed E-state index contributed by atoms with van der Waals surface area (Å²) in [7, 11) is -0.169. The lowest BCUT2D eigenvalue weighted by molar-refractivity contribution is -0.146. The number of likely N-dealkylation sites (tertiary alicyclic amines) is 1. The van der Waals surface area contributed by atoms with Gasteiger partial charge in [0.25, 0.3) is 0 Å². The molecule has 4 atom stereocenters. The first-order valence-corrected chi connectivity index (χ1v) is 16.0. The van der Waals surface area contributed by atoms with Gasteiger partial charge in [-0.3, -0.25) is 9.69 Å². The van der Waals surface area contributed by atoms with Crippen LogP contribution in [0.5, 0.6) is 0 Å². The molecule has 3 saturated heterocycles. The lowest BCUT2D eigenvalue weighted by atomic mass is 9.80. The van der Waals surface area contributed by atoms with E-state index in [1.807, 2.05) is 58.0 Å². The lowest BCUT2D eigenvalue weighted by Gasteiger charge is -2.32. The Bertz CT molecular complexity index is 1090. The molecule has 0 radical (unpaired) electrons. The number of esters is 1. The van der Waals surface area contributed by atoms with Gasteiger partial charge in [0.05, 0.1) is 18.3 Å². The first kappa shape index (κ1) is 36.8. The Labute approximate surface area is 267 Å². The van der Waals surface area contributed by atoms with Crippen molar-refractivity contribution in [2.75, 3.05) is 20.2 Å². The van der Waals surface area contributed by atoms with E-state index >= 15 is 0 Å². The van der Waals surface area contributed by atoms with Crippen LogP contribution in [0.3, 0.4) is 0 Å². The molecule has 1 aromatic carbocycles. The maximum atomic E-state index is 12.7. The lowest BCUT2D eigenvalue weighted by Crippen LogP contribution is -2.44. The third-order valence-electron chi connectivity index (χ3n) is 9.38. The van der Waals surface area contributed by atoms with E-state index in [0.29, 0.717) is 19.3 Å². The molecule has 250 valence electrons. The van der Waals surface area contributed by atoms with Gasteiger partial charge in [-0.15, -0.1) is 0 Å². The first-order chi connectivity index (χ1) is 21.3. The quantitative estimate of drug-likeness (QED) is 0.197. The number of methoxy groups -OCH3 is 1. The molecule has 0 bridgehead atoms. The van der Waals surface area contributed by atoms with E-state index in [1.165, 1.54) is 12.0 Å². The Balaban J connectivity index is 0.000000330. The highest BCUT2D eigenvalue weighted by molar-refractivity contribution is 6.45. The van der Waals surface area contributed by atoms with E-state index < -0.39 is 37.2 Å². The molecule has 4 rings (SSSR count). The number of ether oxygens (including phenoxy) is 2. The van der Waals surface area contributed by atoms with Gasteiger partial charge in [-0.2, -0.15) is 0 Å². The van der Waals surface area contributed by atoms with Crippen molar-refractivity contribution >= 4 is 32.3 Å². The largest absolute Gasteiger partial charge is 0.480 e. The second kappa shape index (κ2) is 16.8. The predicted molar refractivity (Wildman–Crippen MR) is 169 cm³/mol. The van der Waals surface area contributed by atoms with Crippen LogP contribution >= 0.6 is 0 Å². The monoisotopic (exact) mass is 632 g/mol. The fraction of sp³-hybridized carbons (Fsp3) is 0.710. The molecule has 4 N–H and O–H groups in total. The minimum Gasteiger partial charge on any atom is -0.480 e. The van der Waals surface area contributed by atoms with Crippen molar-refractivity contribution in [1.82, 2.24) is 10.2 Å². The van der Waals surface area contributed by atoms with Crippen LogP contribution < -0.4 is 5.32 Å². The van der Waals surface area contributed by atoms with Crippen LogP contribution in [0.25, 0.3) is 0 Å². The summed E-state index contributed by atoms with van der Waals surface area (Å²) < 4.78 is 22.6. The van der Waals surface area contributed by atoms with Gasteiger partial charge >= 0.3 is 32.3 Å². The highest BCUT2D eigenvalue weighted by Crippen LogP contribution is 2.39. The molecule has 3 heterocycles. The second-order valence-electron chi connectivity index (χ2n) is 13.1. The second-order valence-corrected chi connectivity index (χ2v) is 13.1. The van der Waals surface area contributed by atoms with Gasteiger partial charge in [0.15, 0.2) is 0 Å². The normalized spacial score (nSPS) is 25.0. The predicted octanol–water partition coefficient (Wildman–Crippen LogP) is 3.36. The van der Waals surface area contributed by atoms with Crippen LogP contribution in [0.1, 0.15) is 71.8 Å². The summed E-state index contributed by atoms with van der Waals surface area (Å²) in [6.45, 7) is 9.55. The molecule has 1 aromatic rings. The van der Waals surface area contributed by atoms with Gasteiger partial charge < -0.3 is 39.3 Å². The van der Waals surface area contributed by atoms with Crippen LogP contribution in [-0.4, -0.2) is 95.8 Å². The Kier molecular flexibility index (Phi) is 13.7. The number of hydrogen-bond acceptors (Lipinski definition) is 10. The van der Waals surface area contributed by atoms with E-state index in [0.717, 1.165) is 50.5 Å². The number of carboxylic acid groups (broad SMARTS) is 1. The molecule has 1 amide bonds. The molecule has 0 unspecified atom stereocenters. The van der Waals surface area contributed by atoms with Crippen molar-refractivity contribution in [3.8, 4) is 0 Å². The minimum absolute atomic E-state index is 0.0270. The van der Waals surface area contributed by atoms with Gasteiger partial charge in [0.1, 0.15) is 18.7 Å². The maximum Gasteiger partial charge on any atom is 0.457 e. The highest BCUT2D eigenvalue weighted by atomic mass is 16.7. The zero-order valence-electron chi connectivity index (χ0n) is 27.3. The van der Waals surface area contributed by atoms with E-state index in [4.69, 9.17) is 33.9 Å². The number of carbonyl (C=O) groups excluding carboxylic acids is 2. The van der Waals surface area contributed by atoms with Crippen molar-refractivity contribution in [3.63, 3.8) is 0 Å². The van der Waals surface area contributed by atoms with Crippen molar-refractivity contribution in [2.45, 2.75) is 109 Å². The fourth-order valence-corrected chi connectivity index (χ4v) is 6.16. The average molecular weight is 632 g/mol. The van der Waals surface area contributed by atoms with Crippen LogP contribution in [0.15, 0.2) is 30.3 Å². The third kappa shape index (κ3) is 10.4. The Morgan fingerprint density at radius 3 is 2.27 bits per heavy atom. The molecule has 0 spiro atoms. The van der Waals surface area contributed by atoms with Gasteiger partial charge in [-0.05, 0) is 90.0 Å². The summed E-state index contributed by atoms with van der Waals surface area (Å²) in [6, 6.07) is 8.42. The molecule has 3 aliphatic rings. The zero-order chi connectivity index (χ0) is 33.2. The van der Waals surface area contributed by atoms with Crippen LogP contribution in [0.4, 0.5) is 4.79 Å². The van der Waals surface area contributed by atoms with Crippen molar-refractivity contribution in [3.05, 3.63) is 35.9 Å². The SMILES string of the molecule is COC(=O)[C@@H]1[C@@H](CCCB2OC(C)(C)C(C)(C)O2)CCN1C(=O)OCc1ccccc1.O=C(O)[C@H]1NCC[C@@H]1CCCB(O)O. The Morgan fingerprint density at radius 1 is 1.02 bits per heavy atom. The molecule has 0 saturated carbocycles. The number of benzene rings is 1. The Morgan fingerprint density at radius 2 is 1.67 bits per heavy atom. The molecule has 14 heteroatoms. The maximum absolute atomic E-state index is 12.7. The van der Waals surface area contributed by atoms with Crippen molar-refractivity contribution < 1.29 is 48.3 Å². The van der Waals surface area contributed by atoms with Crippen molar-refractivity contribution in [2.24, 2.45) is 11.8 Å². The molecule has 3 fully saturated rings. The number of rotatable bonds is 12. The van der Waals surface area contributed by atoms with Gasteiger partial charge in [0, 0.05) is 6.54 Å². The molecule has 3 aliphatic heterocycles. The van der Waals surface area contributed by atoms with Gasteiger partial charge in [-0.25, -0.2) is 9.59 Å². The summed E-state index contributed by atoms with van der Waals surface area (Å²) in [4.78, 5) is 37.4. The number of hydrogen-bond donors (Lipinski definition) is 4. The number of carbonyl (C=O) groups is 3. The molecule has 45 heavy (non-hydrogen) atoms. The Hall–Kier alpha value is -2.64. The number of nitrogens with zero attached hydrogens (tertiary/aromatic N) is 1. The molecule has 0 aliphatic carbocycles. The van der Waals surface area contributed by atoms with E-state index in [1.54, 1.807) is 0 Å². The number of amides is 1. The van der Waals surface area contributed by atoms with E-state index in [-0.39, 0.29) is 36.8 Å². The number of aliphatic carboxylic acids is 1.